The molecule has 13 heteroatoms. The Labute approximate surface area is 356 Å². The molecule has 1 aromatic heterocycles. The number of thiazole rings is 1. The van der Waals surface area contributed by atoms with E-state index in [-0.39, 0.29) is 25.1 Å². The van der Waals surface area contributed by atoms with Crippen LogP contribution in [-0.4, -0.2) is 38.3 Å². The molecule has 4 aromatic carbocycles. The van der Waals surface area contributed by atoms with Crippen molar-refractivity contribution in [3.05, 3.63) is 141 Å². The second-order valence-electron chi connectivity index (χ2n) is 13.8. The van der Waals surface area contributed by atoms with Gasteiger partial charge in [0.15, 0.2) is 5.78 Å². The monoisotopic (exact) mass is 849 g/mol. The number of carbonyl (C=O) groups is 3. The summed E-state index contributed by atoms with van der Waals surface area (Å²) in [5.41, 5.74) is 23.4. The zero-order valence-electron chi connectivity index (χ0n) is 35.3. The van der Waals surface area contributed by atoms with Crippen LogP contribution in [0.1, 0.15) is 105 Å². The number of nitrogens with zero attached hydrogens (tertiary/aromatic N) is 2. The molecular formula is C45H63N5O5S3. The van der Waals surface area contributed by atoms with Gasteiger partial charge in [-0.3, -0.25) is 23.7 Å². The van der Waals surface area contributed by atoms with E-state index in [2.05, 4.69) is 94.9 Å². The van der Waals surface area contributed by atoms with Crippen LogP contribution in [0.5, 0.6) is 0 Å². The third kappa shape index (κ3) is 22.7. The van der Waals surface area contributed by atoms with Crippen molar-refractivity contribution in [3.63, 3.8) is 0 Å². The number of Topliss-reactive ketones (excluding diaryl/α,β-unsaturated/α-hetero) is 1. The molecule has 5 rings (SSSR count). The number of aryl methyl sites for hydroxylation is 2. The van der Waals surface area contributed by atoms with E-state index in [1.807, 2.05) is 84.5 Å². The van der Waals surface area contributed by atoms with Gasteiger partial charge in [-0.1, -0.05) is 103 Å². The van der Waals surface area contributed by atoms with E-state index in [1.54, 1.807) is 17.4 Å². The zero-order valence-corrected chi connectivity index (χ0v) is 37.9. The predicted molar refractivity (Wildman–Crippen MR) is 247 cm³/mol. The number of nitrogen functional groups attached to an aromatic ring is 1. The zero-order chi connectivity index (χ0) is 44.3. The summed E-state index contributed by atoms with van der Waals surface area (Å²) in [6, 6.07) is 31.2. The largest absolute Gasteiger partial charge is 0.399 e. The number of sulfonamides is 1. The minimum absolute atomic E-state index is 0.0673. The SMILES string of the molecule is CC(C)C(C)c1ccc(N)cc1.CC(C)c1ccc(S)cc1.CCCc1cc(C(C)=O)cc(N(Cc2ccccc2)S(C)(=O)=O)c1.Cc1cscn1.NC=O.NC=O. The van der Waals surface area contributed by atoms with Gasteiger partial charge in [-0.2, -0.15) is 0 Å². The van der Waals surface area contributed by atoms with Crippen LogP contribution in [0.15, 0.2) is 113 Å². The third-order valence-electron chi connectivity index (χ3n) is 8.36. The Bertz CT molecular complexity index is 1970. The van der Waals surface area contributed by atoms with E-state index in [0.717, 1.165) is 40.2 Å². The van der Waals surface area contributed by atoms with Gasteiger partial charge in [-0.15, -0.1) is 24.0 Å². The fourth-order valence-corrected chi connectivity index (χ4v) is 6.49. The second kappa shape index (κ2) is 29.3. The Balaban J connectivity index is 0.000000794. The van der Waals surface area contributed by atoms with Gasteiger partial charge >= 0.3 is 0 Å². The number of thiol groups is 1. The minimum Gasteiger partial charge on any atom is -0.399 e. The molecule has 316 valence electrons. The van der Waals surface area contributed by atoms with Gasteiger partial charge in [0.05, 0.1) is 24.0 Å². The first-order valence-electron chi connectivity index (χ1n) is 18.8. The smallest absolute Gasteiger partial charge is 0.232 e. The molecule has 1 unspecified atom stereocenters. The molecule has 1 atom stereocenters. The molecule has 0 spiro atoms. The summed E-state index contributed by atoms with van der Waals surface area (Å²) < 4.78 is 26.0. The van der Waals surface area contributed by atoms with E-state index in [0.29, 0.717) is 29.0 Å². The van der Waals surface area contributed by atoms with Gasteiger partial charge in [-0.25, -0.2) is 8.42 Å². The lowest BCUT2D eigenvalue weighted by Crippen LogP contribution is -2.29. The van der Waals surface area contributed by atoms with E-state index < -0.39 is 10.0 Å². The Morgan fingerprint density at radius 3 is 1.78 bits per heavy atom. The molecule has 6 N–H and O–H groups in total. The summed E-state index contributed by atoms with van der Waals surface area (Å²) in [7, 11) is -3.47. The third-order valence-corrected chi connectivity index (χ3v) is 10.5. The molecule has 58 heavy (non-hydrogen) atoms. The maximum absolute atomic E-state index is 12.3. The van der Waals surface area contributed by atoms with Crippen molar-refractivity contribution < 1.29 is 22.8 Å². The van der Waals surface area contributed by atoms with Crippen LogP contribution in [0.3, 0.4) is 0 Å². The van der Waals surface area contributed by atoms with Crippen LogP contribution in [0.2, 0.25) is 0 Å². The lowest BCUT2D eigenvalue weighted by Gasteiger charge is -2.24. The molecule has 0 bridgehead atoms. The van der Waals surface area contributed by atoms with Gasteiger partial charge in [0, 0.05) is 27.2 Å². The molecule has 0 aliphatic heterocycles. The van der Waals surface area contributed by atoms with Gasteiger partial charge in [-0.05, 0) is 103 Å². The standard InChI is InChI=1S/C19H23NO3S.C11H17N.C9H12S.C4H5NS.2CH3NO/c1-4-8-17-11-18(15(2)21)13-19(12-17)20(24(3,22)23)14-16-9-6-5-7-10-16;1-8(2)9(3)10-4-6-11(12)7-5-10;1-7(2)8-3-5-9(10)6-4-8;1-4-2-6-3-5-4;2*2-1-3/h5-7,9-13H,4,8,14H2,1-3H3;4-9H,12H2,1-3H3;3-7,10H,1-2H3;2-3H,1H3;2*1H,(H2,2,3). The first-order valence-corrected chi connectivity index (χ1v) is 22.0. The number of rotatable bonds is 10. The number of benzene rings is 4. The summed E-state index contributed by atoms with van der Waals surface area (Å²) in [6.07, 6.45) is 3.42. The van der Waals surface area contributed by atoms with Gasteiger partial charge in [0.25, 0.3) is 0 Å². The number of carbonyl (C=O) groups excluding carboxylic acids is 3. The Morgan fingerprint density at radius 1 is 0.845 bits per heavy atom. The Morgan fingerprint density at radius 2 is 1.38 bits per heavy atom. The molecule has 5 aromatic rings. The molecule has 0 aliphatic rings. The minimum atomic E-state index is -3.47. The normalized spacial score (nSPS) is 10.6. The molecule has 0 saturated carbocycles. The highest BCUT2D eigenvalue weighted by Gasteiger charge is 2.20. The Kier molecular flexibility index (Phi) is 26.8. The molecule has 0 radical (unpaired) electrons. The van der Waals surface area contributed by atoms with Gasteiger partial charge in [0.1, 0.15) is 0 Å². The summed E-state index contributed by atoms with van der Waals surface area (Å²) in [5, 5.41) is 2.01. The van der Waals surface area contributed by atoms with Crippen molar-refractivity contribution in [2.45, 2.75) is 91.5 Å². The van der Waals surface area contributed by atoms with Crippen LogP contribution < -0.4 is 21.5 Å². The summed E-state index contributed by atoms with van der Waals surface area (Å²) in [5.74, 6) is 1.86. The van der Waals surface area contributed by atoms with Crippen molar-refractivity contribution in [1.82, 2.24) is 4.98 Å². The quantitative estimate of drug-likeness (QED) is 0.0468. The molecule has 2 amide bonds. The second-order valence-corrected chi connectivity index (χ2v) is 16.9. The molecule has 0 aliphatic carbocycles. The van der Waals surface area contributed by atoms with Crippen LogP contribution in [-0.2, 0) is 32.6 Å². The summed E-state index contributed by atoms with van der Waals surface area (Å²) >= 11 is 5.83. The molecule has 0 fully saturated rings. The first kappa shape index (κ1) is 53.0. The molecule has 0 saturated heterocycles. The summed E-state index contributed by atoms with van der Waals surface area (Å²) in [4.78, 5) is 34.0. The van der Waals surface area contributed by atoms with Crippen molar-refractivity contribution in [2.75, 3.05) is 16.3 Å². The van der Waals surface area contributed by atoms with Crippen molar-refractivity contribution in [3.8, 4) is 0 Å². The highest BCUT2D eigenvalue weighted by molar-refractivity contribution is 7.92. The Hall–Kier alpha value is -4.98. The fraction of sp³-hybridized carbons (Fsp3) is 0.333. The molecule has 10 nitrogen and oxygen atoms in total. The number of amides is 2. The van der Waals surface area contributed by atoms with Crippen molar-refractivity contribution >= 4 is 64.0 Å². The number of hydrogen-bond acceptors (Lipinski definition) is 9. The highest BCUT2D eigenvalue weighted by atomic mass is 32.2. The predicted octanol–water partition coefficient (Wildman–Crippen LogP) is 9.59. The average Bonchev–Trinajstić information content (AvgIpc) is 3.66. The number of primary amides is 2. The number of anilines is 2. The van der Waals surface area contributed by atoms with E-state index >= 15 is 0 Å². The number of hydrogen-bond donors (Lipinski definition) is 4. The number of ketones is 1. The van der Waals surface area contributed by atoms with Crippen LogP contribution in [0, 0.1) is 12.8 Å². The first-order chi connectivity index (χ1) is 27.3. The van der Waals surface area contributed by atoms with E-state index in [9.17, 15) is 13.2 Å². The lowest BCUT2D eigenvalue weighted by atomic mass is 9.90. The van der Waals surface area contributed by atoms with E-state index in [1.165, 1.54) is 28.6 Å². The maximum Gasteiger partial charge on any atom is 0.232 e. The average molecular weight is 850 g/mol. The van der Waals surface area contributed by atoms with Gasteiger partial charge in [0.2, 0.25) is 22.8 Å². The molecular weight excluding hydrogens is 787 g/mol. The maximum atomic E-state index is 12.3. The number of aromatic nitrogens is 1. The highest BCUT2D eigenvalue weighted by Crippen LogP contribution is 2.26. The number of nitrogens with two attached hydrogens (primary N) is 3. The fourth-order valence-electron chi connectivity index (χ4n) is 4.92. The topological polar surface area (TPSA) is 180 Å². The van der Waals surface area contributed by atoms with Crippen LogP contribution >= 0.6 is 24.0 Å². The lowest BCUT2D eigenvalue weighted by molar-refractivity contribution is -0.107. The van der Waals surface area contributed by atoms with Gasteiger partial charge < -0.3 is 17.2 Å². The van der Waals surface area contributed by atoms with E-state index in [4.69, 9.17) is 15.3 Å². The van der Waals surface area contributed by atoms with Crippen molar-refractivity contribution in [2.24, 2.45) is 17.4 Å². The van der Waals surface area contributed by atoms with Crippen molar-refractivity contribution in [1.29, 1.82) is 0 Å². The van der Waals surface area contributed by atoms with Crippen LogP contribution in [0.25, 0.3) is 0 Å². The molecule has 1 heterocycles. The van der Waals surface area contributed by atoms with Crippen LogP contribution in [0.4, 0.5) is 11.4 Å². The summed E-state index contributed by atoms with van der Waals surface area (Å²) in [6.45, 7) is 16.9.